The molecule has 3 rings (SSSR count). The molecule has 1 heterocycles. The van der Waals surface area contributed by atoms with Gasteiger partial charge < -0.3 is 0 Å². The van der Waals surface area contributed by atoms with Crippen LogP contribution in [-0.2, 0) is 22.1 Å². The van der Waals surface area contributed by atoms with Gasteiger partial charge in [0.25, 0.3) is 0 Å². The summed E-state index contributed by atoms with van der Waals surface area (Å²) in [5, 5.41) is 1.29. The van der Waals surface area contributed by atoms with Crippen molar-refractivity contribution < 1.29 is 32.2 Å². The van der Waals surface area contributed by atoms with Gasteiger partial charge in [-0.15, -0.1) is 0 Å². The number of nitrogens with zero attached hydrogens (tertiary/aromatic N) is 1. The normalized spacial score (nSPS) is 12.2. The number of aryl methyl sites for hydroxylation is 2. The van der Waals surface area contributed by atoms with Crippen molar-refractivity contribution >= 4 is 37.6 Å². The number of ether oxygens (including phenoxy) is 2. The fourth-order valence-corrected chi connectivity index (χ4v) is 6.97. The van der Waals surface area contributed by atoms with Crippen LogP contribution in [0.2, 0.25) is 5.21 Å². The molecule has 0 spiro atoms. The number of benzene rings is 2. The molecule has 0 saturated heterocycles. The summed E-state index contributed by atoms with van der Waals surface area (Å²) in [4.78, 5) is 29.8. The van der Waals surface area contributed by atoms with Crippen molar-refractivity contribution in [1.29, 1.82) is 0 Å². The van der Waals surface area contributed by atoms with E-state index in [2.05, 4.69) is 4.98 Å². The van der Waals surface area contributed by atoms with Gasteiger partial charge in [-0.25, -0.2) is 0 Å². The van der Waals surface area contributed by atoms with E-state index in [0.717, 1.165) is 29.3 Å². The Morgan fingerprint density at radius 3 is 2.25 bits per heavy atom. The molecule has 0 aliphatic rings. The van der Waals surface area contributed by atoms with Crippen molar-refractivity contribution in [3.63, 3.8) is 0 Å². The molecule has 0 radical (unpaired) electrons. The van der Waals surface area contributed by atoms with E-state index < -0.39 is 39.1 Å². The quantitative estimate of drug-likeness (QED) is 0.214. The summed E-state index contributed by atoms with van der Waals surface area (Å²) in [7, 11) is 0. The van der Waals surface area contributed by atoms with Gasteiger partial charge in [0.1, 0.15) is 0 Å². The van der Waals surface area contributed by atoms with Crippen LogP contribution in [0, 0.1) is 6.92 Å². The van der Waals surface area contributed by atoms with E-state index in [1.807, 2.05) is 12.1 Å². The van der Waals surface area contributed by atoms with Gasteiger partial charge in [-0.05, 0) is 0 Å². The zero-order valence-electron chi connectivity index (χ0n) is 20.4. The zero-order chi connectivity index (χ0) is 26.5. The maximum absolute atomic E-state index is 12.8. The molecule has 0 amide bonds. The Morgan fingerprint density at radius 2 is 1.67 bits per heavy atom. The number of thiazole rings is 1. The van der Waals surface area contributed by atoms with Crippen molar-refractivity contribution in [2.45, 2.75) is 51.1 Å². The average Bonchev–Trinajstić information content (AvgIpc) is 3.21. The van der Waals surface area contributed by atoms with Gasteiger partial charge in [-0.1, -0.05) is 0 Å². The van der Waals surface area contributed by atoms with Crippen molar-refractivity contribution in [3.8, 4) is 16.3 Å². The van der Waals surface area contributed by atoms with Gasteiger partial charge >= 0.3 is 219 Å². The van der Waals surface area contributed by atoms with Crippen LogP contribution in [0.1, 0.15) is 47.3 Å². The molecule has 0 aliphatic heterocycles. The third-order valence-corrected chi connectivity index (χ3v) is 9.06. The number of carbonyl (C=O) groups excluding carboxylic acids is 2. The first-order valence-electron chi connectivity index (χ1n) is 11.3. The van der Waals surface area contributed by atoms with E-state index in [4.69, 9.17) is 9.47 Å². The Morgan fingerprint density at radius 1 is 1.03 bits per heavy atom. The molecular formula is C26H27AsF3NO4S. The molecule has 2 aromatic carbocycles. The minimum absolute atomic E-state index is 0.0827. The Hall–Kier alpha value is -2.64. The van der Waals surface area contributed by atoms with Gasteiger partial charge in [-0.2, -0.15) is 0 Å². The summed E-state index contributed by atoms with van der Waals surface area (Å²) in [6.07, 6.45) is -3.66. The first-order chi connectivity index (χ1) is 16.9. The minimum atomic E-state index is -4.39. The molecule has 1 unspecified atom stereocenters. The molecule has 36 heavy (non-hydrogen) atoms. The van der Waals surface area contributed by atoms with E-state index in [0.29, 0.717) is 26.9 Å². The van der Waals surface area contributed by atoms with E-state index in [9.17, 15) is 22.8 Å². The monoisotopic (exact) mass is 581 g/mol. The van der Waals surface area contributed by atoms with Gasteiger partial charge in [-0.3, -0.25) is 0 Å². The van der Waals surface area contributed by atoms with Crippen LogP contribution in [0.4, 0.5) is 13.2 Å². The Labute approximate surface area is 218 Å². The third-order valence-electron chi connectivity index (χ3n) is 5.22. The molecule has 1 atom stereocenters. The van der Waals surface area contributed by atoms with Crippen LogP contribution in [0.5, 0.6) is 5.75 Å². The van der Waals surface area contributed by atoms with Gasteiger partial charge in [0.05, 0.1) is 0 Å². The first-order valence-corrected chi connectivity index (χ1v) is 14.6. The number of esters is 1. The SMILES string of the molecule is CCOC(=O)C(C)(C)Oc1ccc(CC[AsH]C(=O)c2sc(-c3ccc(C(F)(F)F)cc3)nc2C)cc1. The molecule has 10 heteroatoms. The molecule has 192 valence electrons. The fraction of sp³-hybridized carbons (Fsp3) is 0.346. The van der Waals surface area contributed by atoms with Crippen LogP contribution in [0.3, 0.4) is 0 Å². The van der Waals surface area contributed by atoms with Crippen LogP contribution in [0.15, 0.2) is 48.5 Å². The fourth-order valence-electron chi connectivity index (χ4n) is 3.30. The molecule has 0 fully saturated rings. The Bertz CT molecular complexity index is 1210. The number of halogens is 3. The molecular weight excluding hydrogens is 554 g/mol. The van der Waals surface area contributed by atoms with Crippen LogP contribution in [0.25, 0.3) is 10.6 Å². The molecule has 5 nitrogen and oxygen atoms in total. The molecule has 3 aromatic rings. The van der Waals surface area contributed by atoms with Crippen molar-refractivity contribution in [2.75, 3.05) is 6.61 Å². The second-order valence-corrected chi connectivity index (χ2v) is 12.2. The summed E-state index contributed by atoms with van der Waals surface area (Å²) in [6.45, 7) is 7.08. The van der Waals surface area contributed by atoms with E-state index in [1.54, 1.807) is 39.8 Å². The molecule has 0 N–H and O–H groups in total. The van der Waals surface area contributed by atoms with Gasteiger partial charge in [0, 0.05) is 0 Å². The molecule has 0 bridgehead atoms. The van der Waals surface area contributed by atoms with E-state index in [-0.39, 0.29) is 11.2 Å². The van der Waals surface area contributed by atoms with Crippen molar-refractivity contribution in [3.05, 3.63) is 70.2 Å². The number of carbonyl (C=O) groups is 2. The summed E-state index contributed by atoms with van der Waals surface area (Å²) in [6, 6.07) is 12.2. The average molecular weight is 581 g/mol. The summed E-state index contributed by atoms with van der Waals surface area (Å²) < 4.78 is 49.3. The second kappa shape index (κ2) is 11.6. The van der Waals surface area contributed by atoms with Gasteiger partial charge in [0.2, 0.25) is 0 Å². The Kier molecular flexibility index (Phi) is 9.01. The van der Waals surface area contributed by atoms with E-state index in [1.165, 1.54) is 23.5 Å². The molecule has 0 aliphatic carbocycles. The molecule has 0 saturated carbocycles. The zero-order valence-corrected chi connectivity index (χ0v) is 23.3. The van der Waals surface area contributed by atoms with Crippen molar-refractivity contribution in [1.82, 2.24) is 4.98 Å². The van der Waals surface area contributed by atoms with Crippen molar-refractivity contribution in [2.24, 2.45) is 0 Å². The number of aromatic nitrogens is 1. The predicted octanol–water partition coefficient (Wildman–Crippen LogP) is 6.10. The number of alkyl halides is 3. The number of hydrogen-bond donors (Lipinski definition) is 0. The third kappa shape index (κ3) is 7.20. The standard InChI is InChI=1S/C26H27AsF3NO4S/c1-5-34-24(33)25(3,4)35-20-12-6-17(7-13-20)14-15-27-22(32)21-16(2)31-23(36-21)18-8-10-19(11-9-18)26(28,29)30/h6-13,27H,5,14-15H2,1-4H3. The topological polar surface area (TPSA) is 65.5 Å². The van der Waals surface area contributed by atoms with Gasteiger partial charge in [0.15, 0.2) is 0 Å². The van der Waals surface area contributed by atoms with Crippen LogP contribution >= 0.6 is 11.3 Å². The van der Waals surface area contributed by atoms with E-state index >= 15 is 0 Å². The summed E-state index contributed by atoms with van der Waals surface area (Å²) in [5.74, 6) is 0.123. The molecule has 1 aromatic heterocycles. The summed E-state index contributed by atoms with van der Waals surface area (Å²) >= 11 is 0.286. The van der Waals surface area contributed by atoms with Crippen LogP contribution < -0.4 is 4.74 Å². The first kappa shape index (κ1) is 27.9. The van der Waals surface area contributed by atoms with Crippen LogP contribution in [-0.4, -0.2) is 43.5 Å². The predicted molar refractivity (Wildman–Crippen MR) is 135 cm³/mol. The second-order valence-electron chi connectivity index (χ2n) is 8.49. The Balaban J connectivity index is 1.55. The summed E-state index contributed by atoms with van der Waals surface area (Å²) in [5.41, 5.74) is 0.407. The maximum atomic E-state index is 12.8. The number of rotatable bonds is 10. The number of hydrogen-bond acceptors (Lipinski definition) is 6.